The van der Waals surface area contributed by atoms with Crippen molar-refractivity contribution in [1.82, 2.24) is 10.2 Å². The van der Waals surface area contributed by atoms with Gasteiger partial charge in [-0.05, 0) is 47.1 Å². The Morgan fingerprint density at radius 3 is 2.00 bits per heavy atom. The Labute approximate surface area is 140 Å². The Hall–Kier alpha value is 0.0900. The Balaban J connectivity index is 3.93. The van der Waals surface area contributed by atoms with Crippen LogP contribution in [0.1, 0.15) is 47.0 Å². The van der Waals surface area contributed by atoms with Gasteiger partial charge in [0.2, 0.25) is 0 Å². The van der Waals surface area contributed by atoms with Gasteiger partial charge in [0.1, 0.15) is 0 Å². The predicted molar refractivity (Wildman–Crippen MR) is 96.9 cm³/mol. The fraction of sp³-hybridized carbons (Fsp3) is 0.933. The second-order valence-corrected chi connectivity index (χ2v) is 9.36. The minimum Gasteiger partial charge on any atom is -0.481 e. The summed E-state index contributed by atoms with van der Waals surface area (Å²) in [5, 5.41) is 11.9. The van der Waals surface area contributed by atoms with Crippen LogP contribution in [0.2, 0.25) is 0 Å². The van der Waals surface area contributed by atoms with Crippen LogP contribution in [0.5, 0.6) is 0 Å². The molecule has 21 heavy (non-hydrogen) atoms. The molecule has 6 heteroatoms. The third-order valence-electron chi connectivity index (χ3n) is 2.82. The molecule has 0 atom stereocenters. The maximum absolute atomic E-state index is 10.4. The summed E-state index contributed by atoms with van der Waals surface area (Å²) < 4.78 is -0.0545. The van der Waals surface area contributed by atoms with Gasteiger partial charge in [-0.25, -0.2) is 0 Å². The van der Waals surface area contributed by atoms with Crippen LogP contribution >= 0.6 is 25.3 Å². The van der Waals surface area contributed by atoms with E-state index in [0.29, 0.717) is 0 Å². The number of hydrogen-bond donors (Lipinski definition) is 4. The molecule has 0 amide bonds. The number of hydrogen-bond acceptors (Lipinski definition) is 5. The van der Waals surface area contributed by atoms with Gasteiger partial charge in [0.25, 0.3) is 0 Å². The molecule has 0 radical (unpaired) electrons. The van der Waals surface area contributed by atoms with Crippen LogP contribution in [-0.2, 0) is 4.79 Å². The van der Waals surface area contributed by atoms with Gasteiger partial charge in [0.05, 0.1) is 0 Å². The highest BCUT2D eigenvalue weighted by Crippen LogP contribution is 2.18. The lowest BCUT2D eigenvalue weighted by atomic mass is 10.1. The fourth-order valence-electron chi connectivity index (χ4n) is 2.20. The third kappa shape index (κ3) is 16.3. The van der Waals surface area contributed by atoms with Crippen molar-refractivity contribution < 1.29 is 9.90 Å². The van der Waals surface area contributed by atoms with Crippen LogP contribution in [0.4, 0.5) is 0 Å². The van der Waals surface area contributed by atoms with Crippen molar-refractivity contribution in [2.24, 2.45) is 0 Å². The molecule has 0 fully saturated rings. The summed E-state index contributed by atoms with van der Waals surface area (Å²) in [5.41, 5.74) is 0. The van der Waals surface area contributed by atoms with Crippen LogP contribution in [0, 0.1) is 0 Å². The van der Waals surface area contributed by atoms with Crippen molar-refractivity contribution in [3.8, 4) is 0 Å². The van der Waals surface area contributed by atoms with Crippen LogP contribution in [0.25, 0.3) is 0 Å². The standard InChI is InChI=1S/C15H32N2O2S2/c1-14(2,20)11-17(12-15(3,4)21)10-9-16-8-6-5-7-13(18)19/h16,20-21H,5-12H2,1-4H3,(H,18,19). The van der Waals surface area contributed by atoms with E-state index < -0.39 is 5.97 Å². The normalized spacial score (nSPS) is 12.9. The number of aliphatic carboxylic acids is 1. The minimum atomic E-state index is -0.715. The van der Waals surface area contributed by atoms with Gasteiger partial charge in [-0.15, -0.1) is 0 Å². The van der Waals surface area contributed by atoms with Gasteiger partial charge in [0.15, 0.2) is 0 Å². The molecule has 0 aliphatic carbocycles. The Morgan fingerprint density at radius 1 is 1.05 bits per heavy atom. The Kier molecular flexibility index (Phi) is 10.0. The van der Waals surface area contributed by atoms with Crippen molar-refractivity contribution in [3.05, 3.63) is 0 Å². The van der Waals surface area contributed by atoms with Crippen LogP contribution in [0.3, 0.4) is 0 Å². The number of rotatable bonds is 12. The second-order valence-electron chi connectivity index (χ2n) is 6.94. The van der Waals surface area contributed by atoms with E-state index >= 15 is 0 Å². The summed E-state index contributed by atoms with van der Waals surface area (Å²) in [5.74, 6) is -0.715. The molecule has 0 aromatic carbocycles. The van der Waals surface area contributed by atoms with Gasteiger partial charge < -0.3 is 10.4 Å². The summed E-state index contributed by atoms with van der Waals surface area (Å²) in [6.07, 6.45) is 1.90. The van der Waals surface area contributed by atoms with E-state index in [1.165, 1.54) is 0 Å². The number of carboxylic acids is 1. The molecule has 0 saturated heterocycles. The van der Waals surface area contributed by atoms with Crippen molar-refractivity contribution >= 4 is 31.2 Å². The SMILES string of the molecule is CC(C)(S)CN(CCNCCCCC(=O)O)CC(C)(C)S. The molecule has 0 bridgehead atoms. The zero-order valence-electron chi connectivity index (χ0n) is 13.9. The average molecular weight is 337 g/mol. The molecular weight excluding hydrogens is 304 g/mol. The molecule has 0 aromatic heterocycles. The fourth-order valence-corrected chi connectivity index (χ4v) is 2.60. The average Bonchev–Trinajstić information content (AvgIpc) is 2.22. The number of nitrogens with one attached hydrogen (secondary N) is 1. The third-order valence-corrected chi connectivity index (χ3v) is 3.10. The monoisotopic (exact) mass is 336 g/mol. The summed E-state index contributed by atoms with van der Waals surface area (Å²) in [4.78, 5) is 12.8. The topological polar surface area (TPSA) is 52.6 Å². The van der Waals surface area contributed by atoms with Crippen molar-refractivity contribution in [2.75, 3.05) is 32.7 Å². The van der Waals surface area contributed by atoms with Crippen LogP contribution < -0.4 is 5.32 Å². The molecule has 0 unspecified atom stereocenters. The van der Waals surface area contributed by atoms with E-state index in [-0.39, 0.29) is 15.9 Å². The van der Waals surface area contributed by atoms with E-state index in [1.54, 1.807) is 0 Å². The number of thiol groups is 2. The van der Waals surface area contributed by atoms with E-state index in [4.69, 9.17) is 5.11 Å². The molecule has 4 nitrogen and oxygen atoms in total. The number of carbonyl (C=O) groups is 1. The molecule has 0 heterocycles. The number of nitrogens with zero attached hydrogens (tertiary/aromatic N) is 1. The van der Waals surface area contributed by atoms with Crippen LogP contribution in [0.15, 0.2) is 0 Å². The van der Waals surface area contributed by atoms with E-state index in [1.807, 2.05) is 0 Å². The first-order valence-electron chi connectivity index (χ1n) is 7.59. The quantitative estimate of drug-likeness (QED) is 0.327. The number of carboxylic acid groups (broad SMARTS) is 1. The first-order valence-corrected chi connectivity index (χ1v) is 8.49. The molecular formula is C15H32N2O2S2. The lowest BCUT2D eigenvalue weighted by molar-refractivity contribution is -0.137. The second kappa shape index (κ2) is 9.98. The van der Waals surface area contributed by atoms with E-state index in [2.05, 4.69) is 63.2 Å². The lowest BCUT2D eigenvalue weighted by Crippen LogP contribution is -2.44. The highest BCUT2D eigenvalue weighted by atomic mass is 32.1. The smallest absolute Gasteiger partial charge is 0.303 e. The Bertz CT molecular complexity index is 283. The van der Waals surface area contributed by atoms with Gasteiger partial charge in [-0.2, -0.15) is 25.3 Å². The summed E-state index contributed by atoms with van der Waals surface area (Å²) >= 11 is 9.22. The highest BCUT2D eigenvalue weighted by molar-refractivity contribution is 7.82. The Morgan fingerprint density at radius 2 is 1.57 bits per heavy atom. The molecule has 126 valence electrons. The summed E-state index contributed by atoms with van der Waals surface area (Å²) in [6.45, 7) is 13.0. The first kappa shape index (κ1) is 21.1. The van der Waals surface area contributed by atoms with E-state index in [0.717, 1.165) is 45.6 Å². The van der Waals surface area contributed by atoms with Gasteiger partial charge in [0, 0.05) is 42.1 Å². The lowest BCUT2D eigenvalue weighted by Gasteiger charge is -2.33. The molecule has 0 spiro atoms. The molecule has 2 N–H and O–H groups in total. The minimum absolute atomic E-state index is 0.0273. The predicted octanol–water partition coefficient (Wildman–Crippen LogP) is 2.55. The molecule has 0 aromatic rings. The van der Waals surface area contributed by atoms with Crippen LogP contribution in [-0.4, -0.2) is 58.2 Å². The summed E-state index contributed by atoms with van der Waals surface area (Å²) in [6, 6.07) is 0. The van der Waals surface area contributed by atoms with Crippen molar-refractivity contribution in [1.29, 1.82) is 0 Å². The van der Waals surface area contributed by atoms with Crippen molar-refractivity contribution in [3.63, 3.8) is 0 Å². The first-order chi connectivity index (χ1) is 9.49. The van der Waals surface area contributed by atoms with Gasteiger partial charge in [-0.1, -0.05) is 0 Å². The summed E-state index contributed by atoms with van der Waals surface area (Å²) in [7, 11) is 0. The van der Waals surface area contributed by atoms with Gasteiger partial charge in [-0.3, -0.25) is 9.69 Å². The maximum Gasteiger partial charge on any atom is 0.303 e. The zero-order chi connectivity index (χ0) is 16.5. The zero-order valence-corrected chi connectivity index (χ0v) is 15.6. The molecule has 0 saturated carbocycles. The molecule has 0 aliphatic rings. The number of unbranched alkanes of at least 4 members (excludes halogenated alkanes) is 1. The molecule has 0 rings (SSSR count). The maximum atomic E-state index is 10.4. The largest absolute Gasteiger partial charge is 0.481 e. The highest BCUT2D eigenvalue weighted by Gasteiger charge is 2.22. The van der Waals surface area contributed by atoms with Gasteiger partial charge >= 0.3 is 5.97 Å². The van der Waals surface area contributed by atoms with E-state index in [9.17, 15) is 4.79 Å². The van der Waals surface area contributed by atoms with Crippen molar-refractivity contribution in [2.45, 2.75) is 56.5 Å². The molecule has 0 aliphatic heterocycles.